The van der Waals surface area contributed by atoms with Gasteiger partial charge in [-0.1, -0.05) is 23.2 Å². The van der Waals surface area contributed by atoms with Crippen LogP contribution in [0.5, 0.6) is 0 Å². The number of halogens is 2. The molecule has 0 spiro atoms. The Morgan fingerprint density at radius 1 is 1.41 bits per heavy atom. The second-order valence-electron chi connectivity index (χ2n) is 5.30. The van der Waals surface area contributed by atoms with E-state index < -0.39 is 11.9 Å². The number of aliphatic carboxylic acids is 1. The van der Waals surface area contributed by atoms with Gasteiger partial charge in [0, 0.05) is 23.0 Å². The third-order valence-corrected chi connectivity index (χ3v) is 5.45. The minimum atomic E-state index is -0.837. The van der Waals surface area contributed by atoms with E-state index in [1.165, 1.54) is 11.8 Å². The lowest BCUT2D eigenvalue weighted by molar-refractivity contribution is -0.145. The molecule has 4 nitrogen and oxygen atoms in total. The van der Waals surface area contributed by atoms with Crippen LogP contribution in [0.4, 0.5) is 0 Å². The van der Waals surface area contributed by atoms with E-state index in [-0.39, 0.29) is 17.7 Å². The number of thioether (sulfide) groups is 1. The van der Waals surface area contributed by atoms with Crippen molar-refractivity contribution < 1.29 is 14.7 Å². The van der Waals surface area contributed by atoms with Gasteiger partial charge in [-0.2, -0.15) is 0 Å². The number of rotatable bonds is 4. The largest absolute Gasteiger partial charge is 0.481 e. The van der Waals surface area contributed by atoms with Crippen LogP contribution in [-0.4, -0.2) is 40.2 Å². The summed E-state index contributed by atoms with van der Waals surface area (Å²) in [5.74, 6) is -1.37. The molecule has 0 aliphatic carbocycles. The number of carboxylic acids is 1. The van der Waals surface area contributed by atoms with Crippen molar-refractivity contribution in [2.24, 2.45) is 5.92 Å². The Kier molecular flexibility index (Phi) is 6.01. The molecule has 1 fully saturated rings. The first-order valence-electron chi connectivity index (χ1n) is 7.01. The molecule has 1 aliphatic heterocycles. The highest BCUT2D eigenvalue weighted by Gasteiger charge is 2.30. The smallest absolute Gasteiger partial charge is 0.308 e. The Morgan fingerprint density at radius 2 is 2.14 bits per heavy atom. The zero-order valence-corrected chi connectivity index (χ0v) is 14.4. The van der Waals surface area contributed by atoms with Crippen LogP contribution >= 0.6 is 35.0 Å². The van der Waals surface area contributed by atoms with Gasteiger partial charge in [0.25, 0.3) is 0 Å². The molecule has 1 unspecified atom stereocenters. The molecule has 0 saturated carbocycles. The maximum absolute atomic E-state index is 12.5. The number of amides is 1. The number of hydrogen-bond donors (Lipinski definition) is 1. The van der Waals surface area contributed by atoms with E-state index in [1.807, 2.05) is 0 Å². The summed E-state index contributed by atoms with van der Waals surface area (Å²) in [7, 11) is 0. The number of carbonyl (C=O) groups is 2. The summed E-state index contributed by atoms with van der Waals surface area (Å²) in [6.07, 6.45) is 1.35. The van der Waals surface area contributed by atoms with Crippen LogP contribution in [-0.2, 0) is 9.59 Å². The lowest BCUT2D eigenvalue weighted by atomic mass is 9.98. The molecule has 1 heterocycles. The highest BCUT2D eigenvalue weighted by molar-refractivity contribution is 8.00. The van der Waals surface area contributed by atoms with Gasteiger partial charge in [0.05, 0.1) is 16.2 Å². The van der Waals surface area contributed by atoms with Crippen molar-refractivity contribution in [1.82, 2.24) is 4.90 Å². The van der Waals surface area contributed by atoms with E-state index in [9.17, 15) is 9.59 Å². The summed E-state index contributed by atoms with van der Waals surface area (Å²) in [5, 5.41) is 9.88. The number of benzene rings is 1. The molecule has 22 heavy (non-hydrogen) atoms. The minimum Gasteiger partial charge on any atom is -0.481 e. The molecule has 1 amide bonds. The fourth-order valence-electron chi connectivity index (χ4n) is 2.44. The number of hydrogen-bond acceptors (Lipinski definition) is 3. The molecule has 1 aromatic rings. The Labute approximate surface area is 143 Å². The van der Waals surface area contributed by atoms with Crippen LogP contribution < -0.4 is 0 Å². The number of carboxylic acid groups (broad SMARTS) is 1. The SMILES string of the molecule is CC(Sc1cc(Cl)ccc1Cl)C(=O)N1CCC[C@H](C(=O)O)C1. The Hall–Kier alpha value is -0.910. The molecule has 120 valence electrons. The minimum absolute atomic E-state index is 0.0630. The predicted molar refractivity (Wildman–Crippen MR) is 88.7 cm³/mol. The molecule has 1 saturated heterocycles. The van der Waals surface area contributed by atoms with Gasteiger partial charge in [0.2, 0.25) is 5.91 Å². The van der Waals surface area contributed by atoms with Crippen molar-refractivity contribution in [1.29, 1.82) is 0 Å². The molecule has 1 aliphatic rings. The monoisotopic (exact) mass is 361 g/mol. The molecule has 2 atom stereocenters. The van der Waals surface area contributed by atoms with Crippen LogP contribution in [0.3, 0.4) is 0 Å². The average Bonchev–Trinajstić information content (AvgIpc) is 2.50. The van der Waals surface area contributed by atoms with Crippen molar-refractivity contribution in [2.45, 2.75) is 29.9 Å². The number of piperidine rings is 1. The topological polar surface area (TPSA) is 57.6 Å². The number of nitrogens with zero attached hydrogens (tertiary/aromatic N) is 1. The first-order chi connectivity index (χ1) is 10.4. The van der Waals surface area contributed by atoms with Gasteiger partial charge in [-0.3, -0.25) is 9.59 Å². The predicted octanol–water partition coefficient (Wildman–Crippen LogP) is 3.80. The molecular formula is C15H17Cl2NO3S. The summed E-state index contributed by atoms with van der Waals surface area (Å²) in [5.41, 5.74) is 0. The van der Waals surface area contributed by atoms with Gasteiger partial charge >= 0.3 is 5.97 Å². The molecule has 1 N–H and O–H groups in total. The second-order valence-corrected chi connectivity index (χ2v) is 7.52. The first-order valence-corrected chi connectivity index (χ1v) is 8.65. The van der Waals surface area contributed by atoms with Crippen molar-refractivity contribution in [3.63, 3.8) is 0 Å². The van der Waals surface area contributed by atoms with E-state index in [0.29, 0.717) is 23.0 Å². The molecule has 0 aromatic heterocycles. The lowest BCUT2D eigenvalue weighted by Crippen LogP contribution is -2.45. The third kappa shape index (κ3) is 4.31. The third-order valence-electron chi connectivity index (χ3n) is 3.63. The summed E-state index contributed by atoms with van der Waals surface area (Å²) < 4.78 is 0. The van der Waals surface area contributed by atoms with Gasteiger partial charge < -0.3 is 10.0 Å². The van der Waals surface area contributed by atoms with Crippen LogP contribution in [0.1, 0.15) is 19.8 Å². The maximum Gasteiger partial charge on any atom is 0.308 e. The zero-order valence-electron chi connectivity index (χ0n) is 12.1. The quantitative estimate of drug-likeness (QED) is 0.828. The van der Waals surface area contributed by atoms with Crippen molar-refractivity contribution in [2.75, 3.05) is 13.1 Å². The number of likely N-dealkylation sites (tertiary alicyclic amines) is 1. The van der Waals surface area contributed by atoms with E-state index in [1.54, 1.807) is 30.0 Å². The normalized spacial score (nSPS) is 19.8. The van der Waals surface area contributed by atoms with Gasteiger partial charge in [0.1, 0.15) is 0 Å². The first kappa shape index (κ1) is 17.4. The summed E-state index contributed by atoms with van der Waals surface area (Å²) in [6, 6.07) is 5.13. The molecule has 0 bridgehead atoms. The van der Waals surface area contributed by atoms with Crippen LogP contribution in [0, 0.1) is 5.92 Å². The van der Waals surface area contributed by atoms with E-state index in [0.717, 1.165) is 11.3 Å². The van der Waals surface area contributed by atoms with Gasteiger partial charge in [-0.25, -0.2) is 0 Å². The molecule has 2 rings (SSSR count). The molecule has 7 heteroatoms. The van der Waals surface area contributed by atoms with Crippen LogP contribution in [0.15, 0.2) is 23.1 Å². The van der Waals surface area contributed by atoms with Crippen LogP contribution in [0.2, 0.25) is 10.0 Å². The van der Waals surface area contributed by atoms with Crippen molar-refractivity contribution in [3.8, 4) is 0 Å². The number of carbonyl (C=O) groups excluding carboxylic acids is 1. The van der Waals surface area contributed by atoms with Crippen molar-refractivity contribution >= 4 is 46.8 Å². The van der Waals surface area contributed by atoms with Crippen LogP contribution in [0.25, 0.3) is 0 Å². The fourth-order valence-corrected chi connectivity index (χ4v) is 3.94. The fraction of sp³-hybridized carbons (Fsp3) is 0.467. The Balaban J connectivity index is 2.02. The van der Waals surface area contributed by atoms with Gasteiger partial charge in [-0.15, -0.1) is 11.8 Å². The average molecular weight is 362 g/mol. The Morgan fingerprint density at radius 3 is 2.82 bits per heavy atom. The second kappa shape index (κ2) is 7.57. The summed E-state index contributed by atoms with van der Waals surface area (Å²) in [6.45, 7) is 2.69. The molecule has 0 radical (unpaired) electrons. The van der Waals surface area contributed by atoms with Crippen molar-refractivity contribution in [3.05, 3.63) is 28.2 Å². The standard InChI is InChI=1S/C15H17Cl2NO3S/c1-9(22-13-7-11(16)4-5-12(13)17)14(19)18-6-2-3-10(8-18)15(20)21/h4-5,7,9-10H,2-3,6,8H2,1H3,(H,20,21)/t9?,10-/m0/s1. The van der Waals surface area contributed by atoms with E-state index >= 15 is 0 Å². The zero-order chi connectivity index (χ0) is 16.3. The molecular weight excluding hydrogens is 345 g/mol. The molecule has 1 aromatic carbocycles. The highest BCUT2D eigenvalue weighted by atomic mass is 35.5. The highest BCUT2D eigenvalue weighted by Crippen LogP contribution is 2.33. The maximum atomic E-state index is 12.5. The summed E-state index contributed by atoms with van der Waals surface area (Å²) in [4.78, 5) is 26.0. The van der Waals surface area contributed by atoms with E-state index in [4.69, 9.17) is 28.3 Å². The van der Waals surface area contributed by atoms with Gasteiger partial charge in [-0.05, 0) is 38.0 Å². The summed E-state index contributed by atoms with van der Waals surface area (Å²) >= 11 is 13.4. The van der Waals surface area contributed by atoms with Gasteiger partial charge in [0.15, 0.2) is 0 Å². The lowest BCUT2D eigenvalue weighted by Gasteiger charge is -2.32. The van der Waals surface area contributed by atoms with E-state index in [2.05, 4.69) is 0 Å². The Bertz CT molecular complexity index is 582.